The lowest BCUT2D eigenvalue weighted by Crippen LogP contribution is -2.17. The van der Waals surface area contributed by atoms with Crippen LogP contribution in [0.1, 0.15) is 27.9 Å². The molecule has 2 aromatic rings. The number of carbonyl (C=O) groups excluding carboxylic acids is 1. The lowest BCUT2D eigenvalue weighted by atomic mass is 9.98. The largest absolute Gasteiger partial charge is 0.465 e. The molecule has 124 valence electrons. The number of carbonyl (C=O) groups is 1. The molecule has 24 heavy (non-hydrogen) atoms. The first-order valence-electron chi connectivity index (χ1n) is 7.49. The van der Waals surface area contributed by atoms with Crippen molar-refractivity contribution in [2.75, 3.05) is 11.8 Å². The minimum atomic E-state index is -3.67. The Labute approximate surface area is 141 Å². The van der Waals surface area contributed by atoms with Gasteiger partial charge in [-0.3, -0.25) is 4.72 Å². The van der Waals surface area contributed by atoms with Crippen LogP contribution in [0.2, 0.25) is 0 Å². The van der Waals surface area contributed by atoms with Crippen LogP contribution in [0.15, 0.2) is 53.4 Å². The predicted molar refractivity (Wildman–Crippen MR) is 93.1 cm³/mol. The molecule has 0 amide bonds. The number of methoxy groups -OCH3 is 1. The zero-order valence-electron chi connectivity index (χ0n) is 13.2. The number of hydrogen-bond acceptors (Lipinski definition) is 4. The van der Waals surface area contributed by atoms with Gasteiger partial charge in [-0.2, -0.15) is 0 Å². The number of benzene rings is 2. The summed E-state index contributed by atoms with van der Waals surface area (Å²) in [6, 6.07) is 14.0. The van der Waals surface area contributed by atoms with E-state index in [1.165, 1.54) is 13.2 Å². The number of anilines is 1. The SMILES string of the molecule is COC(=O)c1cccc(NS(=O)(=O)C2=Cc3ccccc3CC2)c1. The summed E-state index contributed by atoms with van der Waals surface area (Å²) in [7, 11) is -2.39. The van der Waals surface area contributed by atoms with Crippen LogP contribution >= 0.6 is 0 Å². The van der Waals surface area contributed by atoms with E-state index in [4.69, 9.17) is 0 Å². The molecular formula is C18H17NO4S. The first-order valence-corrected chi connectivity index (χ1v) is 8.97. The number of fused-ring (bicyclic) bond motifs is 1. The molecule has 6 heteroatoms. The number of hydrogen-bond donors (Lipinski definition) is 1. The summed E-state index contributed by atoms with van der Waals surface area (Å²) in [5.41, 5.74) is 2.69. The van der Waals surface area contributed by atoms with Gasteiger partial charge in [0.05, 0.1) is 17.6 Å². The first-order chi connectivity index (χ1) is 11.5. The Hall–Kier alpha value is -2.60. The van der Waals surface area contributed by atoms with Crippen molar-refractivity contribution in [1.82, 2.24) is 0 Å². The molecular weight excluding hydrogens is 326 g/mol. The van der Waals surface area contributed by atoms with Crippen molar-refractivity contribution in [1.29, 1.82) is 0 Å². The van der Waals surface area contributed by atoms with Gasteiger partial charge in [0.15, 0.2) is 0 Å². The van der Waals surface area contributed by atoms with Gasteiger partial charge in [-0.05, 0) is 48.2 Å². The lowest BCUT2D eigenvalue weighted by molar-refractivity contribution is 0.0601. The molecule has 0 fully saturated rings. The zero-order valence-corrected chi connectivity index (χ0v) is 14.0. The highest BCUT2D eigenvalue weighted by Gasteiger charge is 2.22. The molecule has 5 nitrogen and oxygen atoms in total. The van der Waals surface area contributed by atoms with Crippen molar-refractivity contribution in [2.24, 2.45) is 0 Å². The molecule has 0 saturated carbocycles. The number of aryl methyl sites for hydroxylation is 1. The topological polar surface area (TPSA) is 72.5 Å². The summed E-state index contributed by atoms with van der Waals surface area (Å²) in [5, 5.41) is 0. The molecule has 1 aliphatic rings. The normalized spacial score (nSPS) is 13.6. The number of allylic oxidation sites excluding steroid dienone is 1. The monoisotopic (exact) mass is 343 g/mol. The minimum absolute atomic E-state index is 0.292. The highest BCUT2D eigenvalue weighted by Crippen LogP contribution is 2.28. The van der Waals surface area contributed by atoms with Gasteiger partial charge in [0.2, 0.25) is 0 Å². The van der Waals surface area contributed by atoms with Crippen molar-refractivity contribution in [3.05, 3.63) is 70.1 Å². The average Bonchev–Trinajstić information content (AvgIpc) is 2.60. The number of rotatable bonds is 4. The average molecular weight is 343 g/mol. The van der Waals surface area contributed by atoms with Crippen LogP contribution in [-0.2, 0) is 21.2 Å². The second-order valence-corrected chi connectivity index (χ2v) is 7.22. The van der Waals surface area contributed by atoms with E-state index in [0.29, 0.717) is 29.0 Å². The van der Waals surface area contributed by atoms with Crippen molar-refractivity contribution >= 4 is 27.8 Å². The quantitative estimate of drug-likeness (QED) is 0.865. The van der Waals surface area contributed by atoms with E-state index in [1.54, 1.807) is 24.3 Å². The maximum absolute atomic E-state index is 12.6. The second kappa shape index (κ2) is 6.49. The maximum Gasteiger partial charge on any atom is 0.337 e. The fourth-order valence-electron chi connectivity index (χ4n) is 2.67. The summed E-state index contributed by atoms with van der Waals surface area (Å²) in [6.45, 7) is 0. The minimum Gasteiger partial charge on any atom is -0.465 e. The first kappa shape index (κ1) is 16.3. The maximum atomic E-state index is 12.6. The van der Waals surface area contributed by atoms with Gasteiger partial charge in [-0.1, -0.05) is 30.3 Å². The molecule has 1 N–H and O–H groups in total. The van der Waals surface area contributed by atoms with E-state index < -0.39 is 16.0 Å². The van der Waals surface area contributed by atoms with Crippen molar-refractivity contribution in [2.45, 2.75) is 12.8 Å². The molecule has 0 spiro atoms. The summed E-state index contributed by atoms with van der Waals surface area (Å²) in [5.74, 6) is -0.512. The molecule has 2 aromatic carbocycles. The Morgan fingerprint density at radius 1 is 1.08 bits per heavy atom. The van der Waals surface area contributed by atoms with Gasteiger partial charge in [0.25, 0.3) is 10.0 Å². The van der Waals surface area contributed by atoms with Gasteiger partial charge < -0.3 is 4.74 Å². The van der Waals surface area contributed by atoms with Crippen LogP contribution in [-0.4, -0.2) is 21.5 Å². The zero-order chi connectivity index (χ0) is 17.2. The van der Waals surface area contributed by atoms with Gasteiger partial charge in [0, 0.05) is 5.69 Å². The highest BCUT2D eigenvalue weighted by molar-refractivity contribution is 7.96. The van der Waals surface area contributed by atoms with E-state index in [9.17, 15) is 13.2 Å². The van der Waals surface area contributed by atoms with Crippen molar-refractivity contribution in [3.8, 4) is 0 Å². The standard InChI is InChI=1S/C18H17NO4S/c1-23-18(20)15-7-4-8-16(11-15)19-24(21,22)17-10-9-13-5-2-3-6-14(13)12-17/h2-8,11-12,19H,9-10H2,1H3. The Balaban J connectivity index is 1.88. The number of sulfonamides is 1. The molecule has 0 unspecified atom stereocenters. The van der Waals surface area contributed by atoms with E-state index >= 15 is 0 Å². The molecule has 0 bridgehead atoms. The summed E-state index contributed by atoms with van der Waals surface area (Å²) in [6.07, 6.45) is 2.83. The third-order valence-electron chi connectivity index (χ3n) is 3.89. The lowest BCUT2D eigenvalue weighted by Gasteiger charge is -2.17. The molecule has 0 heterocycles. The summed E-state index contributed by atoms with van der Waals surface area (Å²) in [4.78, 5) is 11.9. The third-order valence-corrected chi connectivity index (χ3v) is 5.41. The molecule has 0 radical (unpaired) electrons. The molecule has 3 rings (SSSR count). The number of esters is 1. The van der Waals surface area contributed by atoms with Crippen LogP contribution in [0.4, 0.5) is 5.69 Å². The Morgan fingerprint density at radius 2 is 1.88 bits per heavy atom. The smallest absolute Gasteiger partial charge is 0.337 e. The summed E-state index contributed by atoms with van der Waals surface area (Å²) >= 11 is 0. The van der Waals surface area contributed by atoms with Crippen molar-refractivity contribution < 1.29 is 17.9 Å². The van der Waals surface area contributed by atoms with E-state index in [-0.39, 0.29) is 0 Å². The van der Waals surface area contributed by atoms with Gasteiger partial charge >= 0.3 is 5.97 Å². The Bertz CT molecular complexity index is 916. The van der Waals surface area contributed by atoms with Crippen LogP contribution in [0, 0.1) is 0 Å². The fourth-order valence-corrected chi connectivity index (χ4v) is 3.89. The predicted octanol–water partition coefficient (Wildman–Crippen LogP) is 3.20. The van der Waals surface area contributed by atoms with Crippen LogP contribution < -0.4 is 4.72 Å². The fraction of sp³-hybridized carbons (Fsp3) is 0.167. The van der Waals surface area contributed by atoms with Gasteiger partial charge in [0.1, 0.15) is 0 Å². The molecule has 0 atom stereocenters. The Morgan fingerprint density at radius 3 is 2.67 bits per heavy atom. The van der Waals surface area contributed by atoms with Crippen LogP contribution in [0.25, 0.3) is 6.08 Å². The number of nitrogens with one attached hydrogen (secondary N) is 1. The highest BCUT2D eigenvalue weighted by atomic mass is 32.2. The van der Waals surface area contributed by atoms with Gasteiger partial charge in [-0.25, -0.2) is 13.2 Å². The molecule has 1 aliphatic carbocycles. The third kappa shape index (κ3) is 3.33. The second-order valence-electron chi connectivity index (χ2n) is 5.49. The van der Waals surface area contributed by atoms with E-state index in [0.717, 1.165) is 11.1 Å². The van der Waals surface area contributed by atoms with Crippen LogP contribution in [0.3, 0.4) is 0 Å². The number of ether oxygens (including phenoxy) is 1. The van der Waals surface area contributed by atoms with E-state index in [1.807, 2.05) is 24.3 Å². The van der Waals surface area contributed by atoms with Gasteiger partial charge in [-0.15, -0.1) is 0 Å². The molecule has 0 saturated heterocycles. The van der Waals surface area contributed by atoms with Crippen LogP contribution in [0.5, 0.6) is 0 Å². The Kier molecular flexibility index (Phi) is 4.40. The van der Waals surface area contributed by atoms with Crippen molar-refractivity contribution in [3.63, 3.8) is 0 Å². The van der Waals surface area contributed by atoms with E-state index in [2.05, 4.69) is 9.46 Å². The molecule has 0 aromatic heterocycles. The molecule has 0 aliphatic heterocycles. The summed E-state index contributed by atoms with van der Waals surface area (Å²) < 4.78 is 32.4.